The summed E-state index contributed by atoms with van der Waals surface area (Å²) in [7, 11) is -1.86. The molecule has 0 unspecified atom stereocenters. The number of hydrogen-bond acceptors (Lipinski definition) is 7. The van der Waals surface area contributed by atoms with Crippen LogP contribution in [0.5, 0.6) is 5.88 Å². The first-order valence-corrected chi connectivity index (χ1v) is 10.4. The molecule has 26 heavy (non-hydrogen) atoms. The number of anilines is 1. The van der Waals surface area contributed by atoms with Crippen molar-refractivity contribution in [1.82, 2.24) is 14.3 Å². The Morgan fingerprint density at radius 3 is 2.88 bits per heavy atom. The lowest BCUT2D eigenvalue weighted by molar-refractivity contribution is 0.102. The first-order chi connectivity index (χ1) is 12.3. The molecule has 140 valence electrons. The minimum atomic E-state index is -3.31. The molecule has 10 heteroatoms. The Morgan fingerprint density at radius 1 is 1.42 bits per heavy atom. The SMILES string of the molecule is COc1ncccc1C(=O)Nc1nc2c(s1)CN(S(=O)(=O)C(C)C)CC2. The summed E-state index contributed by atoms with van der Waals surface area (Å²) in [6.45, 7) is 4.04. The predicted octanol–water partition coefficient (Wildman–Crippen LogP) is 1.90. The number of nitrogens with zero attached hydrogens (tertiary/aromatic N) is 3. The first kappa shape index (κ1) is 18.7. The van der Waals surface area contributed by atoms with Gasteiger partial charge in [-0.25, -0.2) is 18.4 Å². The van der Waals surface area contributed by atoms with Crippen LogP contribution in [0.15, 0.2) is 18.3 Å². The fourth-order valence-electron chi connectivity index (χ4n) is 2.63. The molecule has 0 radical (unpaired) electrons. The van der Waals surface area contributed by atoms with Gasteiger partial charge in [0.1, 0.15) is 5.56 Å². The maximum Gasteiger partial charge on any atom is 0.262 e. The van der Waals surface area contributed by atoms with Crippen molar-refractivity contribution in [3.63, 3.8) is 0 Å². The molecule has 3 rings (SSSR count). The summed E-state index contributed by atoms with van der Waals surface area (Å²) in [4.78, 5) is 21.7. The quantitative estimate of drug-likeness (QED) is 0.828. The van der Waals surface area contributed by atoms with Gasteiger partial charge in [0.2, 0.25) is 15.9 Å². The van der Waals surface area contributed by atoms with Crippen molar-refractivity contribution in [1.29, 1.82) is 0 Å². The third-order valence-corrected chi connectivity index (χ3v) is 7.30. The van der Waals surface area contributed by atoms with Crippen LogP contribution in [0, 0.1) is 0 Å². The summed E-state index contributed by atoms with van der Waals surface area (Å²) < 4.78 is 31.3. The average molecular weight is 396 g/mol. The molecule has 1 amide bonds. The zero-order valence-electron chi connectivity index (χ0n) is 14.7. The van der Waals surface area contributed by atoms with E-state index in [0.29, 0.717) is 30.2 Å². The predicted molar refractivity (Wildman–Crippen MR) is 99.0 cm³/mol. The smallest absolute Gasteiger partial charge is 0.262 e. The molecule has 0 aliphatic carbocycles. The molecule has 0 saturated heterocycles. The Labute approximate surface area is 156 Å². The van der Waals surface area contributed by atoms with E-state index in [1.165, 1.54) is 22.8 Å². The Balaban J connectivity index is 1.77. The number of rotatable bonds is 5. The van der Waals surface area contributed by atoms with Crippen LogP contribution in [0.2, 0.25) is 0 Å². The maximum absolute atomic E-state index is 12.4. The number of ether oxygens (including phenoxy) is 1. The molecule has 2 aromatic rings. The van der Waals surface area contributed by atoms with Crippen LogP contribution in [0.4, 0.5) is 5.13 Å². The number of amides is 1. The zero-order valence-corrected chi connectivity index (χ0v) is 16.4. The Kier molecular flexibility index (Phi) is 5.26. The van der Waals surface area contributed by atoms with Gasteiger partial charge < -0.3 is 4.74 Å². The van der Waals surface area contributed by atoms with Crippen molar-refractivity contribution in [2.24, 2.45) is 0 Å². The van der Waals surface area contributed by atoms with Crippen LogP contribution >= 0.6 is 11.3 Å². The van der Waals surface area contributed by atoms with Crippen LogP contribution in [0.3, 0.4) is 0 Å². The fourth-order valence-corrected chi connectivity index (χ4v) is 4.98. The molecule has 1 N–H and O–H groups in total. The number of fused-ring (bicyclic) bond motifs is 1. The lowest BCUT2D eigenvalue weighted by atomic mass is 10.2. The number of hydrogen-bond donors (Lipinski definition) is 1. The van der Waals surface area contributed by atoms with Gasteiger partial charge in [0.25, 0.3) is 5.91 Å². The van der Waals surface area contributed by atoms with Gasteiger partial charge in [-0.05, 0) is 26.0 Å². The number of carbonyl (C=O) groups excluding carboxylic acids is 1. The number of sulfonamides is 1. The highest BCUT2D eigenvalue weighted by Gasteiger charge is 2.31. The Bertz CT molecular complexity index is 924. The number of thiazole rings is 1. The maximum atomic E-state index is 12.4. The van der Waals surface area contributed by atoms with E-state index in [2.05, 4.69) is 15.3 Å². The van der Waals surface area contributed by atoms with Gasteiger partial charge in [-0.3, -0.25) is 10.1 Å². The molecule has 3 heterocycles. The molecule has 2 aromatic heterocycles. The normalized spacial score (nSPS) is 14.9. The summed E-state index contributed by atoms with van der Waals surface area (Å²) in [5.41, 5.74) is 1.14. The van der Waals surface area contributed by atoms with Gasteiger partial charge in [0.05, 0.1) is 18.1 Å². The lowest BCUT2D eigenvalue weighted by Gasteiger charge is -2.26. The van der Waals surface area contributed by atoms with E-state index >= 15 is 0 Å². The molecule has 1 aliphatic rings. The van der Waals surface area contributed by atoms with E-state index in [9.17, 15) is 13.2 Å². The summed E-state index contributed by atoms with van der Waals surface area (Å²) in [5, 5.41) is 2.72. The second kappa shape index (κ2) is 7.29. The Hall–Kier alpha value is -2.04. The van der Waals surface area contributed by atoms with Crippen molar-refractivity contribution in [2.75, 3.05) is 19.0 Å². The fraction of sp³-hybridized carbons (Fsp3) is 0.438. The van der Waals surface area contributed by atoms with Crippen LogP contribution in [-0.4, -0.2) is 47.5 Å². The molecular formula is C16H20N4O4S2. The van der Waals surface area contributed by atoms with Crippen molar-refractivity contribution in [2.45, 2.75) is 32.1 Å². The summed E-state index contributed by atoms with van der Waals surface area (Å²) >= 11 is 1.29. The first-order valence-electron chi connectivity index (χ1n) is 8.10. The van der Waals surface area contributed by atoms with E-state index in [1.54, 1.807) is 32.2 Å². The molecule has 0 spiro atoms. The number of pyridine rings is 1. The number of nitrogens with one attached hydrogen (secondary N) is 1. The largest absolute Gasteiger partial charge is 0.480 e. The number of methoxy groups -OCH3 is 1. The molecule has 0 aromatic carbocycles. The number of carbonyl (C=O) groups is 1. The molecule has 0 fully saturated rings. The van der Waals surface area contributed by atoms with Crippen LogP contribution < -0.4 is 10.1 Å². The number of aromatic nitrogens is 2. The van der Waals surface area contributed by atoms with Gasteiger partial charge in [-0.15, -0.1) is 11.3 Å². The van der Waals surface area contributed by atoms with Gasteiger partial charge in [0.15, 0.2) is 5.13 Å². The van der Waals surface area contributed by atoms with Crippen molar-refractivity contribution in [3.8, 4) is 5.88 Å². The Morgan fingerprint density at radius 2 is 2.19 bits per heavy atom. The summed E-state index contributed by atoms with van der Waals surface area (Å²) in [6, 6.07) is 3.27. The van der Waals surface area contributed by atoms with Crippen LogP contribution in [0.1, 0.15) is 34.8 Å². The highest BCUT2D eigenvalue weighted by atomic mass is 32.2. The average Bonchev–Trinajstić information content (AvgIpc) is 3.02. The highest BCUT2D eigenvalue weighted by Crippen LogP contribution is 2.30. The van der Waals surface area contributed by atoms with E-state index in [-0.39, 0.29) is 11.8 Å². The lowest BCUT2D eigenvalue weighted by Crippen LogP contribution is -2.39. The second-order valence-electron chi connectivity index (χ2n) is 6.08. The van der Waals surface area contributed by atoms with Crippen molar-refractivity contribution >= 4 is 32.4 Å². The molecule has 8 nitrogen and oxygen atoms in total. The molecule has 0 bridgehead atoms. The standard InChI is InChI=1S/C16H20N4O4S2/c1-10(2)26(22,23)20-8-6-12-13(9-20)25-16(18-12)19-14(21)11-5-4-7-17-15(11)24-3/h4-5,7,10H,6,8-9H2,1-3H3,(H,18,19,21). The highest BCUT2D eigenvalue weighted by molar-refractivity contribution is 7.89. The van der Waals surface area contributed by atoms with Gasteiger partial charge >= 0.3 is 0 Å². The van der Waals surface area contributed by atoms with Crippen molar-refractivity contribution in [3.05, 3.63) is 34.5 Å². The molecular weight excluding hydrogens is 376 g/mol. The van der Waals surface area contributed by atoms with Crippen LogP contribution in [0.25, 0.3) is 0 Å². The molecule has 1 aliphatic heterocycles. The summed E-state index contributed by atoms with van der Waals surface area (Å²) in [5.74, 6) is -0.131. The topological polar surface area (TPSA) is 101 Å². The van der Waals surface area contributed by atoms with Gasteiger partial charge in [-0.2, -0.15) is 4.31 Å². The van der Waals surface area contributed by atoms with Crippen LogP contribution in [-0.2, 0) is 23.0 Å². The second-order valence-corrected chi connectivity index (χ2v) is 9.65. The van der Waals surface area contributed by atoms with Gasteiger partial charge in [0, 0.05) is 30.6 Å². The van der Waals surface area contributed by atoms with Gasteiger partial charge in [-0.1, -0.05) is 0 Å². The third-order valence-electron chi connectivity index (χ3n) is 4.08. The minimum absolute atomic E-state index is 0.237. The zero-order chi connectivity index (χ0) is 18.9. The van der Waals surface area contributed by atoms with E-state index in [0.717, 1.165) is 10.6 Å². The minimum Gasteiger partial charge on any atom is -0.480 e. The van der Waals surface area contributed by atoms with E-state index in [1.807, 2.05) is 0 Å². The van der Waals surface area contributed by atoms with E-state index in [4.69, 9.17) is 4.74 Å². The molecule has 0 saturated carbocycles. The molecule has 0 atom stereocenters. The third kappa shape index (κ3) is 3.57. The van der Waals surface area contributed by atoms with Crippen molar-refractivity contribution < 1.29 is 17.9 Å². The summed E-state index contributed by atoms with van der Waals surface area (Å²) in [6.07, 6.45) is 2.07. The monoisotopic (exact) mass is 396 g/mol. The van der Waals surface area contributed by atoms with E-state index < -0.39 is 15.3 Å².